The van der Waals surface area contributed by atoms with Crippen LogP contribution < -0.4 is 4.74 Å². The normalized spacial score (nSPS) is 10.5. The van der Waals surface area contributed by atoms with Crippen molar-refractivity contribution in [3.05, 3.63) is 23.0 Å². The van der Waals surface area contributed by atoms with Crippen molar-refractivity contribution in [2.75, 3.05) is 7.11 Å². The van der Waals surface area contributed by atoms with Gasteiger partial charge in [-0.1, -0.05) is 6.07 Å². The summed E-state index contributed by atoms with van der Waals surface area (Å²) in [6.45, 7) is 0. The second-order valence-corrected chi connectivity index (χ2v) is 2.95. The van der Waals surface area contributed by atoms with Gasteiger partial charge in [-0.3, -0.25) is 0 Å². The van der Waals surface area contributed by atoms with Crippen molar-refractivity contribution in [3.8, 4) is 5.75 Å². The number of para-hydroxylation sites is 1. The maximum Gasteiger partial charge on any atom is 0.265 e. The molecule has 0 aliphatic heterocycles. The predicted octanol–water partition coefficient (Wildman–Crippen LogP) is 2.60. The topological polar surface area (TPSA) is 35.3 Å². The molecular formula is C8H6BrNO2. The first-order chi connectivity index (χ1) is 5.81. The predicted molar refractivity (Wildman–Crippen MR) is 48.3 cm³/mol. The van der Waals surface area contributed by atoms with Crippen molar-refractivity contribution >= 4 is 27.0 Å². The first-order valence-electron chi connectivity index (χ1n) is 3.40. The first kappa shape index (κ1) is 7.61. The van der Waals surface area contributed by atoms with Crippen LogP contribution in [0.3, 0.4) is 0 Å². The Morgan fingerprint density at radius 1 is 1.50 bits per heavy atom. The minimum Gasteiger partial charge on any atom is -0.494 e. The SMILES string of the molecule is COc1cccc2oc(Br)nc12. The minimum atomic E-state index is 0.474. The fraction of sp³-hybridized carbons (Fsp3) is 0.125. The molecule has 1 heterocycles. The monoisotopic (exact) mass is 227 g/mol. The molecule has 0 saturated heterocycles. The third-order valence-corrected chi connectivity index (χ3v) is 1.91. The fourth-order valence-corrected chi connectivity index (χ4v) is 1.41. The van der Waals surface area contributed by atoms with Crippen LogP contribution >= 0.6 is 15.9 Å². The number of methoxy groups -OCH3 is 1. The molecule has 0 unspecified atom stereocenters. The third-order valence-electron chi connectivity index (χ3n) is 1.58. The number of halogens is 1. The number of nitrogens with zero attached hydrogens (tertiary/aromatic N) is 1. The summed E-state index contributed by atoms with van der Waals surface area (Å²) in [5, 5.41) is 0. The van der Waals surface area contributed by atoms with E-state index in [1.165, 1.54) is 0 Å². The van der Waals surface area contributed by atoms with Crippen LogP contribution in [0.2, 0.25) is 0 Å². The molecule has 0 N–H and O–H groups in total. The molecule has 0 saturated carbocycles. The minimum absolute atomic E-state index is 0.474. The highest BCUT2D eigenvalue weighted by Gasteiger charge is 2.06. The van der Waals surface area contributed by atoms with Gasteiger partial charge in [0.15, 0.2) is 11.1 Å². The zero-order chi connectivity index (χ0) is 8.55. The van der Waals surface area contributed by atoms with Crippen LogP contribution in [-0.4, -0.2) is 12.1 Å². The van der Waals surface area contributed by atoms with Crippen molar-refractivity contribution in [2.45, 2.75) is 0 Å². The molecule has 2 aromatic rings. The van der Waals surface area contributed by atoms with E-state index in [4.69, 9.17) is 9.15 Å². The zero-order valence-corrected chi connectivity index (χ0v) is 7.96. The van der Waals surface area contributed by atoms with E-state index in [1.54, 1.807) is 7.11 Å². The van der Waals surface area contributed by atoms with Gasteiger partial charge in [0.1, 0.15) is 5.75 Å². The molecule has 0 radical (unpaired) electrons. The number of fused-ring (bicyclic) bond motifs is 1. The van der Waals surface area contributed by atoms with Crippen molar-refractivity contribution < 1.29 is 9.15 Å². The van der Waals surface area contributed by atoms with Gasteiger partial charge in [-0.25, -0.2) is 0 Å². The molecule has 0 aliphatic rings. The molecule has 4 heteroatoms. The average molecular weight is 228 g/mol. The van der Waals surface area contributed by atoms with Crippen LogP contribution in [0.5, 0.6) is 5.75 Å². The number of benzene rings is 1. The Hall–Kier alpha value is -1.03. The van der Waals surface area contributed by atoms with Crippen molar-refractivity contribution in [2.24, 2.45) is 0 Å². The van der Waals surface area contributed by atoms with Gasteiger partial charge in [-0.05, 0) is 12.1 Å². The van der Waals surface area contributed by atoms with E-state index in [1.807, 2.05) is 18.2 Å². The van der Waals surface area contributed by atoms with Crippen molar-refractivity contribution in [1.29, 1.82) is 0 Å². The average Bonchev–Trinajstić information content (AvgIpc) is 2.44. The standard InChI is InChI=1S/C8H6BrNO2/c1-11-5-3-2-4-6-7(5)10-8(9)12-6/h2-4H,1H3. The van der Waals surface area contributed by atoms with Crippen LogP contribution in [0.1, 0.15) is 0 Å². The molecule has 0 amide bonds. The molecular weight excluding hydrogens is 222 g/mol. The summed E-state index contributed by atoms with van der Waals surface area (Å²) in [4.78, 5) is 4.58. The van der Waals surface area contributed by atoms with Crippen LogP contribution in [0.25, 0.3) is 11.1 Å². The maximum absolute atomic E-state index is 5.24. The summed E-state index contributed by atoms with van der Waals surface area (Å²) in [5.74, 6) is 0.724. The number of hydrogen-bond acceptors (Lipinski definition) is 3. The third kappa shape index (κ3) is 1.08. The van der Waals surface area contributed by atoms with Crippen LogP contribution in [-0.2, 0) is 0 Å². The van der Waals surface area contributed by atoms with E-state index < -0.39 is 0 Å². The van der Waals surface area contributed by atoms with Crippen LogP contribution in [0.15, 0.2) is 27.4 Å². The number of ether oxygens (including phenoxy) is 1. The molecule has 0 aliphatic carbocycles. The summed E-state index contributed by atoms with van der Waals surface area (Å²) >= 11 is 3.15. The summed E-state index contributed by atoms with van der Waals surface area (Å²) < 4.78 is 10.3. The first-order valence-corrected chi connectivity index (χ1v) is 4.19. The molecule has 1 aromatic carbocycles. The Bertz CT molecular complexity index is 410. The van der Waals surface area contributed by atoms with Gasteiger partial charge >= 0.3 is 0 Å². The second-order valence-electron chi connectivity index (χ2n) is 2.27. The maximum atomic E-state index is 5.24. The van der Waals surface area contributed by atoms with Gasteiger partial charge in [0.2, 0.25) is 0 Å². The van der Waals surface area contributed by atoms with E-state index in [-0.39, 0.29) is 0 Å². The lowest BCUT2D eigenvalue weighted by Gasteiger charge is -1.96. The summed E-state index contributed by atoms with van der Waals surface area (Å²) in [5.41, 5.74) is 1.47. The number of oxazole rings is 1. The highest BCUT2D eigenvalue weighted by molar-refractivity contribution is 9.10. The molecule has 1 aromatic heterocycles. The molecule has 3 nitrogen and oxygen atoms in total. The Labute approximate surface area is 77.5 Å². The van der Waals surface area contributed by atoms with Gasteiger partial charge in [-0.2, -0.15) is 4.98 Å². The van der Waals surface area contributed by atoms with E-state index in [0.717, 1.165) is 16.8 Å². The zero-order valence-electron chi connectivity index (χ0n) is 6.37. The summed E-state index contributed by atoms with van der Waals surface area (Å²) in [6.07, 6.45) is 0. The summed E-state index contributed by atoms with van der Waals surface area (Å²) in [6, 6.07) is 5.55. The fourth-order valence-electron chi connectivity index (χ4n) is 1.06. The van der Waals surface area contributed by atoms with Crippen molar-refractivity contribution in [3.63, 3.8) is 0 Å². The van der Waals surface area contributed by atoms with Gasteiger partial charge in [-0.15, -0.1) is 0 Å². The Balaban J connectivity index is 2.78. The van der Waals surface area contributed by atoms with Gasteiger partial charge < -0.3 is 9.15 Å². The van der Waals surface area contributed by atoms with Gasteiger partial charge in [0.05, 0.1) is 7.11 Å². The summed E-state index contributed by atoms with van der Waals surface area (Å²) in [7, 11) is 1.61. The van der Waals surface area contributed by atoms with E-state index in [9.17, 15) is 0 Å². The largest absolute Gasteiger partial charge is 0.494 e. The molecule has 0 spiro atoms. The molecule has 2 rings (SSSR count). The van der Waals surface area contributed by atoms with Gasteiger partial charge in [0.25, 0.3) is 4.80 Å². The van der Waals surface area contributed by atoms with Gasteiger partial charge in [0, 0.05) is 15.9 Å². The number of rotatable bonds is 1. The van der Waals surface area contributed by atoms with E-state index in [2.05, 4.69) is 20.9 Å². The van der Waals surface area contributed by atoms with Crippen molar-refractivity contribution in [1.82, 2.24) is 4.98 Å². The Morgan fingerprint density at radius 3 is 3.08 bits per heavy atom. The smallest absolute Gasteiger partial charge is 0.265 e. The molecule has 0 bridgehead atoms. The number of hydrogen-bond donors (Lipinski definition) is 0. The van der Waals surface area contributed by atoms with Crippen LogP contribution in [0.4, 0.5) is 0 Å². The molecule has 62 valence electrons. The highest BCUT2D eigenvalue weighted by Crippen LogP contribution is 2.26. The van der Waals surface area contributed by atoms with E-state index in [0.29, 0.717) is 4.80 Å². The lowest BCUT2D eigenvalue weighted by molar-refractivity contribution is 0.419. The number of aromatic nitrogens is 1. The Kier molecular flexibility index (Phi) is 1.77. The Morgan fingerprint density at radius 2 is 2.33 bits per heavy atom. The lowest BCUT2D eigenvalue weighted by Crippen LogP contribution is -1.82. The lowest BCUT2D eigenvalue weighted by atomic mass is 10.3. The quantitative estimate of drug-likeness (QED) is 0.752. The molecule has 0 atom stereocenters. The van der Waals surface area contributed by atoms with E-state index >= 15 is 0 Å². The van der Waals surface area contributed by atoms with Crippen LogP contribution in [0, 0.1) is 0 Å². The molecule has 12 heavy (non-hydrogen) atoms. The highest BCUT2D eigenvalue weighted by atomic mass is 79.9. The molecule has 0 fully saturated rings. The second kappa shape index (κ2) is 2.79.